The highest BCUT2D eigenvalue weighted by Crippen LogP contribution is 2.07. The van der Waals surface area contributed by atoms with E-state index in [0.29, 0.717) is 5.69 Å². The summed E-state index contributed by atoms with van der Waals surface area (Å²) in [5, 5.41) is 14.2. The van der Waals surface area contributed by atoms with Crippen molar-refractivity contribution in [1.29, 1.82) is 0 Å². The number of nitrogens with zero attached hydrogens (tertiary/aromatic N) is 1. The lowest BCUT2D eigenvalue weighted by Gasteiger charge is -2.16. The number of urea groups is 1. The van der Waals surface area contributed by atoms with E-state index in [-0.39, 0.29) is 17.8 Å². The maximum atomic E-state index is 11.7. The third kappa shape index (κ3) is 4.95. The first-order valence-corrected chi connectivity index (χ1v) is 6.33. The summed E-state index contributed by atoms with van der Waals surface area (Å²) >= 11 is 0. The predicted molar refractivity (Wildman–Crippen MR) is 72.3 cm³/mol. The summed E-state index contributed by atoms with van der Waals surface area (Å²) in [7, 11) is 0. The van der Waals surface area contributed by atoms with Gasteiger partial charge in [0, 0.05) is 6.04 Å². The van der Waals surface area contributed by atoms with Gasteiger partial charge in [-0.25, -0.2) is 14.6 Å². The molecule has 6 nitrogen and oxygen atoms in total. The van der Waals surface area contributed by atoms with Crippen molar-refractivity contribution in [3.8, 4) is 0 Å². The number of carboxylic acids is 1. The Morgan fingerprint density at radius 1 is 1.37 bits per heavy atom. The smallest absolute Gasteiger partial charge is 0.354 e. The van der Waals surface area contributed by atoms with E-state index in [0.717, 1.165) is 19.3 Å². The van der Waals surface area contributed by atoms with E-state index in [1.807, 2.05) is 6.92 Å². The maximum Gasteiger partial charge on any atom is 0.354 e. The molecular formula is C13H19N3O3. The van der Waals surface area contributed by atoms with Crippen LogP contribution in [0.15, 0.2) is 18.3 Å². The molecule has 1 rings (SSSR count). The fraction of sp³-hybridized carbons (Fsp3) is 0.462. The quantitative estimate of drug-likeness (QED) is 0.736. The molecule has 0 radical (unpaired) electrons. The standard InChI is InChI=1S/C13H19N3O3/c1-3-5-9(4-2)15-13(19)16-10-6-7-11(12(17)18)14-8-10/h6-9H,3-5H2,1-2H3,(H,17,18)(H2,15,16,19). The van der Waals surface area contributed by atoms with E-state index in [4.69, 9.17) is 5.11 Å². The second kappa shape index (κ2) is 7.35. The van der Waals surface area contributed by atoms with Gasteiger partial charge in [-0.1, -0.05) is 20.3 Å². The molecule has 1 aromatic rings. The normalized spacial score (nSPS) is 11.7. The van der Waals surface area contributed by atoms with E-state index in [9.17, 15) is 9.59 Å². The van der Waals surface area contributed by atoms with Crippen molar-refractivity contribution in [1.82, 2.24) is 10.3 Å². The van der Waals surface area contributed by atoms with Gasteiger partial charge in [0.1, 0.15) is 5.69 Å². The SMILES string of the molecule is CCCC(CC)NC(=O)Nc1ccc(C(=O)O)nc1. The minimum atomic E-state index is -1.09. The summed E-state index contributed by atoms with van der Waals surface area (Å²) in [5.41, 5.74) is 0.414. The van der Waals surface area contributed by atoms with Crippen molar-refractivity contribution in [2.24, 2.45) is 0 Å². The molecule has 0 saturated heterocycles. The van der Waals surface area contributed by atoms with Gasteiger partial charge in [-0.2, -0.15) is 0 Å². The Hall–Kier alpha value is -2.11. The Morgan fingerprint density at radius 2 is 2.11 bits per heavy atom. The number of hydrogen-bond donors (Lipinski definition) is 3. The van der Waals surface area contributed by atoms with Gasteiger partial charge in [0.15, 0.2) is 0 Å². The average molecular weight is 265 g/mol. The number of carbonyl (C=O) groups is 2. The molecule has 0 aromatic carbocycles. The highest BCUT2D eigenvalue weighted by molar-refractivity contribution is 5.90. The van der Waals surface area contributed by atoms with Gasteiger partial charge in [-0.15, -0.1) is 0 Å². The number of anilines is 1. The summed E-state index contributed by atoms with van der Waals surface area (Å²) in [6.07, 6.45) is 4.13. The first-order valence-electron chi connectivity index (χ1n) is 6.33. The van der Waals surface area contributed by atoms with Crippen LogP contribution in [0.25, 0.3) is 0 Å². The fourth-order valence-corrected chi connectivity index (χ4v) is 1.67. The highest BCUT2D eigenvalue weighted by Gasteiger charge is 2.10. The number of aromatic carboxylic acids is 1. The summed E-state index contributed by atoms with van der Waals surface area (Å²) in [4.78, 5) is 26.1. The van der Waals surface area contributed by atoms with Crippen LogP contribution in [0, 0.1) is 0 Å². The molecule has 0 spiro atoms. The van der Waals surface area contributed by atoms with Crippen LogP contribution in [0.5, 0.6) is 0 Å². The number of carboxylic acid groups (broad SMARTS) is 1. The van der Waals surface area contributed by atoms with E-state index in [1.165, 1.54) is 18.3 Å². The van der Waals surface area contributed by atoms with Gasteiger partial charge in [0.05, 0.1) is 11.9 Å². The number of hydrogen-bond acceptors (Lipinski definition) is 3. The van der Waals surface area contributed by atoms with Crippen molar-refractivity contribution < 1.29 is 14.7 Å². The van der Waals surface area contributed by atoms with Gasteiger partial charge in [-0.05, 0) is 25.0 Å². The second-order valence-electron chi connectivity index (χ2n) is 4.23. The number of amides is 2. The van der Waals surface area contributed by atoms with Crippen LogP contribution in [0.4, 0.5) is 10.5 Å². The number of nitrogens with one attached hydrogen (secondary N) is 2. The first-order chi connectivity index (χ1) is 9.06. The largest absolute Gasteiger partial charge is 0.477 e. The molecule has 0 aliphatic rings. The molecular weight excluding hydrogens is 246 g/mol. The van der Waals surface area contributed by atoms with Crippen LogP contribution in [-0.2, 0) is 0 Å². The lowest BCUT2D eigenvalue weighted by atomic mass is 10.1. The fourth-order valence-electron chi connectivity index (χ4n) is 1.67. The van der Waals surface area contributed by atoms with Crippen molar-refractivity contribution >= 4 is 17.7 Å². The molecule has 104 valence electrons. The topological polar surface area (TPSA) is 91.3 Å². The minimum absolute atomic E-state index is 0.0524. The zero-order chi connectivity index (χ0) is 14.3. The van der Waals surface area contributed by atoms with Crippen LogP contribution < -0.4 is 10.6 Å². The van der Waals surface area contributed by atoms with Gasteiger partial charge >= 0.3 is 12.0 Å². The van der Waals surface area contributed by atoms with Crippen LogP contribution in [0.1, 0.15) is 43.6 Å². The summed E-state index contributed by atoms with van der Waals surface area (Å²) in [6, 6.07) is 2.71. The predicted octanol–water partition coefficient (Wildman–Crippen LogP) is 2.48. The number of carbonyl (C=O) groups excluding carboxylic acids is 1. The zero-order valence-electron chi connectivity index (χ0n) is 11.1. The van der Waals surface area contributed by atoms with E-state index >= 15 is 0 Å². The van der Waals surface area contributed by atoms with E-state index < -0.39 is 5.97 Å². The highest BCUT2D eigenvalue weighted by atomic mass is 16.4. The Bertz CT molecular complexity index is 431. The van der Waals surface area contributed by atoms with Crippen LogP contribution >= 0.6 is 0 Å². The molecule has 19 heavy (non-hydrogen) atoms. The third-order valence-corrected chi connectivity index (χ3v) is 2.71. The second-order valence-corrected chi connectivity index (χ2v) is 4.23. The average Bonchev–Trinajstić information content (AvgIpc) is 2.38. The van der Waals surface area contributed by atoms with Crippen LogP contribution in [-0.4, -0.2) is 28.1 Å². The monoisotopic (exact) mass is 265 g/mol. The van der Waals surface area contributed by atoms with Crippen LogP contribution in [0.3, 0.4) is 0 Å². The van der Waals surface area contributed by atoms with E-state index in [2.05, 4.69) is 22.5 Å². The molecule has 1 unspecified atom stereocenters. The molecule has 0 fully saturated rings. The molecule has 0 bridgehead atoms. The molecule has 6 heteroatoms. The Kier molecular flexibility index (Phi) is 5.78. The minimum Gasteiger partial charge on any atom is -0.477 e. The molecule has 3 N–H and O–H groups in total. The first kappa shape index (κ1) is 14.9. The molecule has 0 aliphatic carbocycles. The molecule has 1 heterocycles. The van der Waals surface area contributed by atoms with Crippen molar-refractivity contribution in [3.63, 3.8) is 0 Å². The van der Waals surface area contributed by atoms with Gasteiger partial charge in [-0.3, -0.25) is 0 Å². The number of rotatable bonds is 6. The van der Waals surface area contributed by atoms with E-state index in [1.54, 1.807) is 0 Å². The van der Waals surface area contributed by atoms with Gasteiger partial charge < -0.3 is 15.7 Å². The van der Waals surface area contributed by atoms with Gasteiger partial charge in [0.2, 0.25) is 0 Å². The third-order valence-electron chi connectivity index (χ3n) is 2.71. The molecule has 0 saturated carbocycles. The Labute approximate surface area is 112 Å². The summed E-state index contributed by atoms with van der Waals surface area (Å²) < 4.78 is 0. The lowest BCUT2D eigenvalue weighted by Crippen LogP contribution is -2.37. The molecule has 2 amide bonds. The van der Waals surface area contributed by atoms with Crippen molar-refractivity contribution in [3.05, 3.63) is 24.0 Å². The number of aromatic nitrogens is 1. The van der Waals surface area contributed by atoms with Crippen LogP contribution in [0.2, 0.25) is 0 Å². The maximum absolute atomic E-state index is 11.7. The molecule has 1 atom stereocenters. The van der Waals surface area contributed by atoms with Crippen molar-refractivity contribution in [2.45, 2.75) is 39.2 Å². The van der Waals surface area contributed by atoms with Crippen molar-refractivity contribution in [2.75, 3.05) is 5.32 Å². The Balaban J connectivity index is 2.54. The summed E-state index contributed by atoms with van der Waals surface area (Å²) in [5.74, 6) is -1.09. The lowest BCUT2D eigenvalue weighted by molar-refractivity contribution is 0.0690. The Morgan fingerprint density at radius 3 is 2.58 bits per heavy atom. The summed E-state index contributed by atoms with van der Waals surface area (Å²) in [6.45, 7) is 4.08. The molecule has 0 aliphatic heterocycles. The number of pyridine rings is 1. The molecule has 1 aromatic heterocycles. The van der Waals surface area contributed by atoms with Gasteiger partial charge in [0.25, 0.3) is 0 Å². The zero-order valence-corrected chi connectivity index (χ0v) is 11.1.